The summed E-state index contributed by atoms with van der Waals surface area (Å²) in [6.07, 6.45) is 4.57. The van der Waals surface area contributed by atoms with Crippen LogP contribution in [0.2, 0.25) is 0 Å². The Labute approximate surface area is 147 Å². The summed E-state index contributed by atoms with van der Waals surface area (Å²) in [6.45, 7) is 5.86. The molecule has 0 fully saturated rings. The molecule has 0 bridgehead atoms. The second-order valence-corrected chi connectivity index (χ2v) is 6.57. The van der Waals surface area contributed by atoms with Crippen LogP contribution in [0.5, 0.6) is 0 Å². The molecular formula is C13H25IN4S2. The van der Waals surface area contributed by atoms with Crippen molar-refractivity contribution < 1.29 is 0 Å². The quantitative estimate of drug-likeness (QED) is 0.303. The third kappa shape index (κ3) is 7.68. The molecule has 1 rings (SSSR count). The van der Waals surface area contributed by atoms with Crippen LogP contribution in [-0.2, 0) is 6.54 Å². The van der Waals surface area contributed by atoms with Crippen molar-refractivity contribution in [2.24, 2.45) is 4.99 Å². The number of rotatable bonds is 7. The average Bonchev–Trinajstić information content (AvgIpc) is 2.72. The van der Waals surface area contributed by atoms with Gasteiger partial charge in [-0.05, 0) is 38.7 Å². The lowest BCUT2D eigenvalue weighted by Crippen LogP contribution is -2.37. The molecule has 2 N–H and O–H groups in total. The Hall–Kier alpha value is -0.0200. The molecule has 0 saturated heterocycles. The minimum Gasteiger partial charge on any atom is -0.356 e. The van der Waals surface area contributed by atoms with Gasteiger partial charge in [0, 0.05) is 18.5 Å². The smallest absolute Gasteiger partial charge is 0.191 e. The van der Waals surface area contributed by atoms with E-state index in [0.29, 0.717) is 0 Å². The van der Waals surface area contributed by atoms with E-state index in [9.17, 15) is 0 Å². The van der Waals surface area contributed by atoms with Crippen LogP contribution in [0.25, 0.3) is 0 Å². The number of aromatic nitrogens is 1. The molecule has 116 valence electrons. The molecule has 0 aromatic carbocycles. The molecule has 0 radical (unpaired) electrons. The van der Waals surface area contributed by atoms with Gasteiger partial charge in [0.25, 0.3) is 0 Å². The Balaban J connectivity index is 0.00000361. The highest BCUT2D eigenvalue weighted by Crippen LogP contribution is 2.15. The highest BCUT2D eigenvalue weighted by atomic mass is 127. The van der Waals surface area contributed by atoms with Crippen LogP contribution < -0.4 is 10.6 Å². The topological polar surface area (TPSA) is 49.3 Å². The molecule has 0 aliphatic rings. The van der Waals surface area contributed by atoms with Crippen LogP contribution in [-0.4, -0.2) is 36.5 Å². The van der Waals surface area contributed by atoms with Crippen LogP contribution in [0.15, 0.2) is 4.99 Å². The molecule has 0 spiro atoms. The Kier molecular flexibility index (Phi) is 11.6. The van der Waals surface area contributed by atoms with Gasteiger partial charge in [-0.25, -0.2) is 4.98 Å². The van der Waals surface area contributed by atoms with Crippen LogP contribution >= 0.6 is 47.1 Å². The average molecular weight is 428 g/mol. The molecule has 20 heavy (non-hydrogen) atoms. The van der Waals surface area contributed by atoms with Crippen molar-refractivity contribution in [1.82, 2.24) is 15.6 Å². The summed E-state index contributed by atoms with van der Waals surface area (Å²) < 4.78 is 0. The number of thiazole rings is 1. The number of halogens is 1. The van der Waals surface area contributed by atoms with Crippen LogP contribution in [0.3, 0.4) is 0 Å². The summed E-state index contributed by atoms with van der Waals surface area (Å²) in [5.74, 6) is 2.08. The number of nitrogens with zero attached hydrogens (tertiary/aromatic N) is 2. The molecule has 0 aliphatic heterocycles. The first kappa shape index (κ1) is 20.0. The molecule has 0 atom stereocenters. The fourth-order valence-corrected chi connectivity index (χ4v) is 2.94. The maximum absolute atomic E-state index is 4.51. The van der Waals surface area contributed by atoms with E-state index < -0.39 is 0 Å². The SMILES string of the molecule is CN=C(NCCCCSC)NCc1nc(C)c(C)s1.I. The van der Waals surface area contributed by atoms with E-state index in [1.165, 1.54) is 23.5 Å². The highest BCUT2D eigenvalue weighted by Gasteiger charge is 2.04. The zero-order valence-corrected chi connectivity index (χ0v) is 16.6. The summed E-state index contributed by atoms with van der Waals surface area (Å²) in [5, 5.41) is 7.74. The monoisotopic (exact) mass is 428 g/mol. The second-order valence-electron chi connectivity index (χ2n) is 4.30. The molecule has 1 heterocycles. The number of guanidine groups is 1. The number of nitrogens with one attached hydrogen (secondary N) is 2. The lowest BCUT2D eigenvalue weighted by atomic mass is 10.3. The summed E-state index contributed by atoms with van der Waals surface area (Å²) >= 11 is 3.64. The van der Waals surface area contributed by atoms with E-state index in [2.05, 4.69) is 33.8 Å². The third-order valence-corrected chi connectivity index (χ3v) is 4.54. The zero-order valence-electron chi connectivity index (χ0n) is 12.7. The van der Waals surface area contributed by atoms with Crippen LogP contribution in [0.4, 0.5) is 0 Å². The lowest BCUT2D eigenvalue weighted by molar-refractivity contribution is 0.732. The summed E-state index contributed by atoms with van der Waals surface area (Å²) in [6, 6.07) is 0. The molecule has 4 nitrogen and oxygen atoms in total. The number of hydrogen-bond donors (Lipinski definition) is 2. The number of aliphatic imine (C=N–C) groups is 1. The first-order valence-corrected chi connectivity index (χ1v) is 8.74. The van der Waals surface area contributed by atoms with Gasteiger partial charge >= 0.3 is 0 Å². The largest absolute Gasteiger partial charge is 0.356 e. The second kappa shape index (κ2) is 11.6. The summed E-state index contributed by atoms with van der Waals surface area (Å²) in [5.41, 5.74) is 1.13. The van der Waals surface area contributed by atoms with Crippen LogP contribution in [0.1, 0.15) is 28.4 Å². The predicted octanol–water partition coefficient (Wildman–Crippen LogP) is 3.19. The number of hydrogen-bond acceptors (Lipinski definition) is 4. The molecule has 0 amide bonds. The van der Waals surface area contributed by atoms with E-state index in [4.69, 9.17) is 0 Å². The highest BCUT2D eigenvalue weighted by molar-refractivity contribution is 14.0. The Bertz CT molecular complexity index is 388. The van der Waals surface area contributed by atoms with Crippen molar-refractivity contribution in [3.8, 4) is 0 Å². The Morgan fingerprint density at radius 1 is 1.30 bits per heavy atom. The van der Waals surface area contributed by atoms with Crippen molar-refractivity contribution >= 4 is 53.0 Å². The van der Waals surface area contributed by atoms with Crippen molar-refractivity contribution in [2.75, 3.05) is 25.6 Å². The molecular weight excluding hydrogens is 403 g/mol. The van der Waals surface area contributed by atoms with E-state index in [1.807, 2.05) is 18.7 Å². The molecule has 0 unspecified atom stereocenters. The normalized spacial score (nSPS) is 11.1. The fourth-order valence-electron chi connectivity index (χ4n) is 1.57. The van der Waals surface area contributed by atoms with Crippen molar-refractivity contribution in [1.29, 1.82) is 0 Å². The molecule has 0 aliphatic carbocycles. The van der Waals surface area contributed by atoms with E-state index in [-0.39, 0.29) is 24.0 Å². The first-order valence-electron chi connectivity index (χ1n) is 6.53. The minimum absolute atomic E-state index is 0. The van der Waals surface area contributed by atoms with Gasteiger partial charge in [-0.15, -0.1) is 35.3 Å². The molecule has 1 aromatic rings. The van der Waals surface area contributed by atoms with Gasteiger partial charge in [0.15, 0.2) is 5.96 Å². The Morgan fingerprint density at radius 3 is 2.60 bits per heavy atom. The lowest BCUT2D eigenvalue weighted by Gasteiger charge is -2.10. The molecule has 7 heteroatoms. The number of thioether (sulfide) groups is 1. The number of aryl methyl sites for hydroxylation is 2. The van der Waals surface area contributed by atoms with E-state index in [1.54, 1.807) is 18.4 Å². The first-order chi connectivity index (χ1) is 9.17. The summed E-state index contributed by atoms with van der Waals surface area (Å²) in [4.78, 5) is 10.0. The van der Waals surface area contributed by atoms with Crippen LogP contribution in [0, 0.1) is 13.8 Å². The maximum Gasteiger partial charge on any atom is 0.191 e. The zero-order chi connectivity index (χ0) is 14.1. The van der Waals surface area contributed by atoms with Gasteiger partial charge < -0.3 is 10.6 Å². The number of unbranched alkanes of at least 4 members (excludes halogenated alkanes) is 1. The fraction of sp³-hybridized carbons (Fsp3) is 0.692. The molecule has 0 saturated carbocycles. The van der Waals surface area contributed by atoms with Gasteiger partial charge in [0.1, 0.15) is 5.01 Å². The van der Waals surface area contributed by atoms with Gasteiger partial charge in [-0.1, -0.05) is 0 Å². The molecule has 1 aromatic heterocycles. The Morgan fingerprint density at radius 2 is 2.05 bits per heavy atom. The van der Waals surface area contributed by atoms with Gasteiger partial charge in [0.2, 0.25) is 0 Å². The van der Waals surface area contributed by atoms with Crippen molar-refractivity contribution in [3.05, 3.63) is 15.6 Å². The maximum atomic E-state index is 4.51. The minimum atomic E-state index is 0. The van der Waals surface area contributed by atoms with E-state index >= 15 is 0 Å². The third-order valence-electron chi connectivity index (χ3n) is 2.77. The van der Waals surface area contributed by atoms with Crippen molar-refractivity contribution in [3.63, 3.8) is 0 Å². The van der Waals surface area contributed by atoms with Gasteiger partial charge in [-0.2, -0.15) is 11.8 Å². The van der Waals surface area contributed by atoms with Gasteiger partial charge in [-0.3, -0.25) is 4.99 Å². The summed E-state index contributed by atoms with van der Waals surface area (Å²) in [7, 11) is 1.80. The predicted molar refractivity (Wildman–Crippen MR) is 103 cm³/mol. The standard InChI is InChI=1S/C13H24N4S2.HI/c1-10-11(2)19-12(17-10)9-16-13(14-3)15-7-5-6-8-18-4;/h5-9H2,1-4H3,(H2,14,15,16);1H. The van der Waals surface area contributed by atoms with E-state index in [0.717, 1.165) is 29.8 Å². The van der Waals surface area contributed by atoms with Gasteiger partial charge in [0.05, 0.1) is 12.2 Å². The van der Waals surface area contributed by atoms with Crippen molar-refractivity contribution in [2.45, 2.75) is 33.2 Å².